The van der Waals surface area contributed by atoms with E-state index in [2.05, 4.69) is 10.5 Å². The van der Waals surface area contributed by atoms with Crippen molar-refractivity contribution in [2.75, 3.05) is 11.9 Å². The Labute approximate surface area is 204 Å². The zero-order chi connectivity index (χ0) is 26.2. The Kier molecular flexibility index (Phi) is 7.28. The number of oxime groups is 1. The molecule has 0 fully saturated rings. The van der Waals surface area contributed by atoms with Crippen LogP contribution < -0.4 is 10.6 Å². The fraction of sp³-hybridized carbons (Fsp3) is 0.286. The lowest BCUT2D eigenvalue weighted by atomic mass is 9.86. The van der Waals surface area contributed by atoms with E-state index in [-0.39, 0.29) is 32.6 Å². The maximum absolute atomic E-state index is 14.2. The number of anilines is 1. The van der Waals surface area contributed by atoms with Gasteiger partial charge in [0.15, 0.2) is 0 Å². The zero-order valence-electron chi connectivity index (χ0n) is 17.6. The van der Waals surface area contributed by atoms with Crippen LogP contribution in [0.15, 0.2) is 41.6 Å². The summed E-state index contributed by atoms with van der Waals surface area (Å²) in [7, 11) is 0. The molecule has 188 valence electrons. The van der Waals surface area contributed by atoms with Gasteiger partial charge in [0.2, 0.25) is 5.91 Å². The summed E-state index contributed by atoms with van der Waals surface area (Å²) in [5.74, 6) is -1.82. The van der Waals surface area contributed by atoms with Gasteiger partial charge in [-0.1, -0.05) is 34.4 Å². The maximum atomic E-state index is 14.2. The van der Waals surface area contributed by atoms with Crippen molar-refractivity contribution in [3.05, 3.63) is 63.1 Å². The number of hydrogen-bond acceptors (Lipinski definition) is 4. The molecular formula is C21H15Cl2F6N3O3. The fourth-order valence-corrected chi connectivity index (χ4v) is 3.86. The fourth-order valence-electron chi connectivity index (χ4n) is 3.34. The zero-order valence-corrected chi connectivity index (χ0v) is 19.1. The molecule has 6 nitrogen and oxygen atoms in total. The van der Waals surface area contributed by atoms with Crippen molar-refractivity contribution in [3.8, 4) is 0 Å². The molecule has 2 N–H and O–H groups in total. The molecular weight excluding hydrogens is 527 g/mol. The van der Waals surface area contributed by atoms with Gasteiger partial charge in [0.1, 0.15) is 6.54 Å². The molecule has 0 saturated carbocycles. The molecule has 2 aromatic carbocycles. The first-order chi connectivity index (χ1) is 16.1. The van der Waals surface area contributed by atoms with Crippen molar-refractivity contribution >= 4 is 46.4 Å². The smallest absolute Gasteiger partial charge is 0.374 e. The molecule has 3 rings (SSSR count). The summed E-state index contributed by atoms with van der Waals surface area (Å²) in [6.45, 7) is -0.540. The topological polar surface area (TPSA) is 79.8 Å². The number of amides is 2. The second-order valence-electron chi connectivity index (χ2n) is 7.53. The van der Waals surface area contributed by atoms with Crippen LogP contribution >= 0.6 is 23.2 Å². The average molecular weight is 542 g/mol. The first kappa shape index (κ1) is 26.6. The van der Waals surface area contributed by atoms with Crippen molar-refractivity contribution in [3.63, 3.8) is 0 Å². The van der Waals surface area contributed by atoms with Gasteiger partial charge in [-0.15, -0.1) is 0 Å². The van der Waals surface area contributed by atoms with Gasteiger partial charge in [-0.3, -0.25) is 9.59 Å². The number of hydrogen-bond donors (Lipinski definition) is 2. The highest BCUT2D eigenvalue weighted by molar-refractivity contribution is 6.34. The lowest BCUT2D eigenvalue weighted by Gasteiger charge is -2.29. The number of nitrogens with zero attached hydrogens (tertiary/aromatic N) is 1. The minimum Gasteiger partial charge on any atom is -0.374 e. The lowest BCUT2D eigenvalue weighted by molar-refractivity contribution is -0.275. The third-order valence-corrected chi connectivity index (χ3v) is 5.31. The molecule has 2 aromatic rings. The standard InChI is InChI=1S/C21H15Cl2F6N3O3/c1-10(33)31-16-4-11(2-3-15(16)18(34)30-9-20(24,25)26)17-8-19(35-32-17,21(27,28)29)12-5-13(22)7-14(23)6-12/h2-7H,8-9H2,1H3,(H,30,34)(H,31,33). The summed E-state index contributed by atoms with van der Waals surface area (Å²) < 4.78 is 79.9. The van der Waals surface area contributed by atoms with Gasteiger partial charge in [0.25, 0.3) is 11.5 Å². The monoisotopic (exact) mass is 541 g/mol. The van der Waals surface area contributed by atoms with E-state index in [0.717, 1.165) is 31.2 Å². The van der Waals surface area contributed by atoms with E-state index in [0.29, 0.717) is 0 Å². The van der Waals surface area contributed by atoms with Crippen LogP contribution in [0.3, 0.4) is 0 Å². The minimum atomic E-state index is -4.95. The summed E-state index contributed by atoms with van der Waals surface area (Å²) >= 11 is 11.7. The summed E-state index contributed by atoms with van der Waals surface area (Å²) in [6.07, 6.45) is -10.4. The van der Waals surface area contributed by atoms with Crippen LogP contribution in [0.4, 0.5) is 32.0 Å². The highest BCUT2D eigenvalue weighted by atomic mass is 35.5. The third-order valence-electron chi connectivity index (χ3n) is 4.87. The van der Waals surface area contributed by atoms with Crippen LogP contribution in [0.25, 0.3) is 0 Å². The number of carbonyl (C=O) groups is 2. The molecule has 1 heterocycles. The Hall–Kier alpha value is -2.99. The van der Waals surface area contributed by atoms with Crippen molar-refractivity contribution in [2.24, 2.45) is 5.16 Å². The summed E-state index contributed by atoms with van der Waals surface area (Å²) in [5, 5.41) is 7.40. The Morgan fingerprint density at radius 2 is 1.69 bits per heavy atom. The van der Waals surface area contributed by atoms with Gasteiger partial charge in [0.05, 0.1) is 17.0 Å². The Morgan fingerprint density at radius 3 is 2.23 bits per heavy atom. The van der Waals surface area contributed by atoms with Gasteiger partial charge in [-0.2, -0.15) is 26.3 Å². The van der Waals surface area contributed by atoms with Crippen LogP contribution in [0.2, 0.25) is 10.0 Å². The molecule has 1 aliphatic heterocycles. The Bertz CT molecular complexity index is 1180. The molecule has 0 aliphatic carbocycles. The van der Waals surface area contributed by atoms with Crippen molar-refractivity contribution in [1.29, 1.82) is 0 Å². The molecule has 2 amide bonds. The predicted octanol–water partition coefficient (Wildman–Crippen LogP) is 5.83. The SMILES string of the molecule is CC(=O)Nc1cc(C2=NOC(c3cc(Cl)cc(Cl)c3)(C(F)(F)F)C2)ccc1C(=O)NCC(F)(F)F. The van der Waals surface area contributed by atoms with Crippen molar-refractivity contribution in [2.45, 2.75) is 31.3 Å². The average Bonchev–Trinajstić information content (AvgIpc) is 3.17. The van der Waals surface area contributed by atoms with Crippen molar-refractivity contribution < 1.29 is 40.8 Å². The highest BCUT2D eigenvalue weighted by Crippen LogP contribution is 2.49. The highest BCUT2D eigenvalue weighted by Gasteiger charge is 2.62. The number of rotatable bonds is 5. The molecule has 0 aromatic heterocycles. The number of nitrogens with one attached hydrogen (secondary N) is 2. The maximum Gasteiger partial charge on any atom is 0.435 e. The Morgan fingerprint density at radius 1 is 1.06 bits per heavy atom. The normalized spacial score (nSPS) is 18.0. The molecule has 0 saturated heterocycles. The van der Waals surface area contributed by atoms with E-state index in [1.807, 2.05) is 0 Å². The molecule has 0 bridgehead atoms. The van der Waals surface area contributed by atoms with Crippen LogP contribution in [0.1, 0.15) is 34.8 Å². The lowest BCUT2D eigenvalue weighted by Crippen LogP contribution is -2.42. The largest absolute Gasteiger partial charge is 0.435 e. The number of benzene rings is 2. The van der Waals surface area contributed by atoms with E-state index < -0.39 is 48.3 Å². The van der Waals surface area contributed by atoms with Crippen LogP contribution in [-0.2, 0) is 15.2 Å². The number of alkyl halides is 6. The van der Waals surface area contributed by atoms with Gasteiger partial charge in [-0.05, 0) is 30.3 Å². The van der Waals surface area contributed by atoms with Crippen LogP contribution in [0, 0.1) is 0 Å². The second-order valence-corrected chi connectivity index (χ2v) is 8.40. The number of carbonyl (C=O) groups excluding carboxylic acids is 2. The van der Waals surface area contributed by atoms with Crippen LogP contribution in [-0.4, -0.2) is 36.4 Å². The van der Waals surface area contributed by atoms with E-state index >= 15 is 0 Å². The number of halogens is 8. The molecule has 35 heavy (non-hydrogen) atoms. The summed E-state index contributed by atoms with van der Waals surface area (Å²) in [6, 6.07) is 6.66. The Balaban J connectivity index is 1.97. The van der Waals surface area contributed by atoms with Gasteiger partial charge >= 0.3 is 12.4 Å². The van der Waals surface area contributed by atoms with Gasteiger partial charge in [0, 0.05) is 34.5 Å². The van der Waals surface area contributed by atoms with Gasteiger partial charge < -0.3 is 15.5 Å². The minimum absolute atomic E-state index is 0.0281. The molecule has 0 radical (unpaired) electrons. The predicted molar refractivity (Wildman–Crippen MR) is 116 cm³/mol. The van der Waals surface area contributed by atoms with Gasteiger partial charge in [-0.25, -0.2) is 0 Å². The quantitative estimate of drug-likeness (QED) is 0.467. The first-order valence-electron chi connectivity index (χ1n) is 9.66. The van der Waals surface area contributed by atoms with E-state index in [4.69, 9.17) is 28.0 Å². The molecule has 1 atom stereocenters. The third kappa shape index (κ3) is 5.99. The van der Waals surface area contributed by atoms with Crippen LogP contribution in [0.5, 0.6) is 0 Å². The summed E-state index contributed by atoms with van der Waals surface area (Å²) in [4.78, 5) is 28.7. The molecule has 1 unspecified atom stereocenters. The molecule has 1 aliphatic rings. The van der Waals surface area contributed by atoms with E-state index in [9.17, 15) is 35.9 Å². The summed E-state index contributed by atoms with van der Waals surface area (Å²) in [5.41, 5.74) is -4.06. The second kappa shape index (κ2) is 9.57. The molecule has 14 heteroatoms. The van der Waals surface area contributed by atoms with E-state index in [1.165, 1.54) is 12.1 Å². The van der Waals surface area contributed by atoms with E-state index in [1.54, 1.807) is 5.32 Å². The van der Waals surface area contributed by atoms with Crippen molar-refractivity contribution in [1.82, 2.24) is 5.32 Å². The first-order valence-corrected chi connectivity index (χ1v) is 10.4. The molecule has 0 spiro atoms.